The number of amidine groups is 1. The number of hydrogen-bond acceptors (Lipinski definition) is 7. The van der Waals surface area contributed by atoms with Crippen LogP contribution < -0.4 is 21.8 Å². The van der Waals surface area contributed by atoms with Gasteiger partial charge in [0.2, 0.25) is 0 Å². The molecule has 0 fully saturated rings. The number of aromatic nitrogens is 1. The Morgan fingerprint density at radius 3 is 2.67 bits per heavy atom. The highest BCUT2D eigenvalue weighted by Crippen LogP contribution is 2.17. The van der Waals surface area contributed by atoms with Crippen LogP contribution >= 0.6 is 0 Å². The molecule has 0 radical (unpaired) electrons. The summed E-state index contributed by atoms with van der Waals surface area (Å²) in [6.07, 6.45) is 0.621. The van der Waals surface area contributed by atoms with Crippen LogP contribution in [0, 0.1) is 17.2 Å². The summed E-state index contributed by atoms with van der Waals surface area (Å²) >= 11 is 0. The number of pyridine rings is 1. The lowest BCUT2D eigenvalue weighted by atomic mass is 10.0. The number of nitrogens with zero attached hydrogens (tertiary/aromatic N) is 3. The average molecular weight is 374 g/mol. The standard InChI is InChI=1S/C19H31N7O/c1-13(2)12-24-26-17(21)15(11-20)18(22-5)23-10-9-14-7-6-8-16(25-14)19(3,4)27/h6-8,13,22-24,27H,9-10,12H2,1-5H3,(H2,21,26). The van der Waals surface area contributed by atoms with Crippen molar-refractivity contribution in [3.63, 3.8) is 0 Å². The molecule has 1 rings (SSSR count). The van der Waals surface area contributed by atoms with E-state index < -0.39 is 5.60 Å². The Balaban J connectivity index is 2.79. The molecule has 8 nitrogen and oxygen atoms in total. The van der Waals surface area contributed by atoms with Gasteiger partial charge in [0.15, 0.2) is 5.84 Å². The normalized spacial score (nSPS) is 13.0. The monoisotopic (exact) mass is 373 g/mol. The molecule has 27 heavy (non-hydrogen) atoms. The van der Waals surface area contributed by atoms with Crippen molar-refractivity contribution in [2.24, 2.45) is 16.8 Å². The molecule has 0 saturated carbocycles. The van der Waals surface area contributed by atoms with Crippen molar-refractivity contribution in [2.45, 2.75) is 39.7 Å². The number of nitrogens with one attached hydrogen (secondary N) is 3. The third-order valence-corrected chi connectivity index (χ3v) is 3.68. The van der Waals surface area contributed by atoms with E-state index in [1.165, 1.54) is 0 Å². The molecule has 1 heterocycles. The Morgan fingerprint density at radius 1 is 1.41 bits per heavy atom. The van der Waals surface area contributed by atoms with Gasteiger partial charge in [0.1, 0.15) is 23.1 Å². The first-order chi connectivity index (χ1) is 12.7. The first kappa shape index (κ1) is 22.3. The van der Waals surface area contributed by atoms with E-state index >= 15 is 0 Å². The molecule has 1 aromatic rings. The number of nitriles is 1. The highest BCUT2D eigenvalue weighted by atomic mass is 16.3. The lowest BCUT2D eigenvalue weighted by Gasteiger charge is -2.17. The maximum Gasteiger partial charge on any atom is 0.164 e. The first-order valence-electron chi connectivity index (χ1n) is 9.00. The number of hydrogen-bond donors (Lipinski definition) is 5. The zero-order valence-corrected chi connectivity index (χ0v) is 16.8. The molecular weight excluding hydrogens is 342 g/mol. The Morgan fingerprint density at radius 2 is 2.11 bits per heavy atom. The van der Waals surface area contributed by atoms with E-state index in [0.717, 1.165) is 5.69 Å². The van der Waals surface area contributed by atoms with Crippen molar-refractivity contribution < 1.29 is 5.11 Å². The van der Waals surface area contributed by atoms with Crippen LogP contribution in [-0.4, -0.2) is 36.1 Å². The van der Waals surface area contributed by atoms with E-state index in [0.29, 0.717) is 36.9 Å². The summed E-state index contributed by atoms with van der Waals surface area (Å²) in [7, 11) is 1.71. The fraction of sp³-hybridized carbons (Fsp3) is 0.526. The summed E-state index contributed by atoms with van der Waals surface area (Å²) in [4.78, 5) is 4.47. The molecule has 8 heteroatoms. The summed E-state index contributed by atoms with van der Waals surface area (Å²) in [6, 6.07) is 7.65. The van der Waals surface area contributed by atoms with Crippen LogP contribution in [-0.2, 0) is 12.0 Å². The summed E-state index contributed by atoms with van der Waals surface area (Å²) in [6.45, 7) is 8.73. The second-order valence-corrected chi connectivity index (χ2v) is 7.11. The highest BCUT2D eigenvalue weighted by molar-refractivity contribution is 6.00. The van der Waals surface area contributed by atoms with Crippen molar-refractivity contribution in [1.29, 1.82) is 5.26 Å². The Kier molecular flexibility index (Phi) is 8.56. The van der Waals surface area contributed by atoms with E-state index in [1.807, 2.05) is 12.1 Å². The quantitative estimate of drug-likeness (QED) is 0.178. The molecular formula is C19H31N7O. The summed E-state index contributed by atoms with van der Waals surface area (Å²) in [5.41, 5.74) is 9.52. The Hall–Kier alpha value is -2.79. The minimum atomic E-state index is -0.985. The van der Waals surface area contributed by atoms with Gasteiger partial charge in [-0.2, -0.15) is 10.4 Å². The predicted molar refractivity (Wildman–Crippen MR) is 107 cm³/mol. The molecule has 0 atom stereocenters. The second-order valence-electron chi connectivity index (χ2n) is 7.11. The Bertz CT molecular complexity index is 712. The van der Waals surface area contributed by atoms with Gasteiger partial charge in [-0.3, -0.25) is 4.98 Å². The van der Waals surface area contributed by atoms with Gasteiger partial charge in [-0.25, -0.2) is 0 Å². The van der Waals surface area contributed by atoms with Crippen molar-refractivity contribution in [3.8, 4) is 6.07 Å². The van der Waals surface area contributed by atoms with Crippen LogP contribution in [0.1, 0.15) is 39.1 Å². The van der Waals surface area contributed by atoms with Crippen LogP contribution in [0.2, 0.25) is 0 Å². The molecule has 0 spiro atoms. The lowest BCUT2D eigenvalue weighted by Crippen LogP contribution is -2.32. The summed E-state index contributed by atoms with van der Waals surface area (Å²) in [5, 5.41) is 29.7. The van der Waals surface area contributed by atoms with Crippen molar-refractivity contribution in [3.05, 3.63) is 41.0 Å². The van der Waals surface area contributed by atoms with Crippen LogP contribution in [0.3, 0.4) is 0 Å². The highest BCUT2D eigenvalue weighted by Gasteiger charge is 2.17. The van der Waals surface area contributed by atoms with Crippen molar-refractivity contribution >= 4 is 5.84 Å². The zero-order valence-electron chi connectivity index (χ0n) is 16.8. The second kappa shape index (κ2) is 10.4. The molecule has 6 N–H and O–H groups in total. The van der Waals surface area contributed by atoms with Crippen LogP contribution in [0.25, 0.3) is 0 Å². The summed E-state index contributed by atoms with van der Waals surface area (Å²) in [5.74, 6) is 1.05. The predicted octanol–water partition coefficient (Wildman–Crippen LogP) is 0.913. The van der Waals surface area contributed by atoms with Gasteiger partial charge in [0, 0.05) is 32.3 Å². The third-order valence-electron chi connectivity index (χ3n) is 3.68. The van der Waals surface area contributed by atoms with Gasteiger partial charge in [-0.1, -0.05) is 19.9 Å². The number of hydrazone groups is 1. The number of rotatable bonds is 10. The number of nitrogens with two attached hydrogens (primary N) is 1. The minimum absolute atomic E-state index is 0.122. The number of aliphatic hydroxyl groups is 1. The first-order valence-corrected chi connectivity index (χ1v) is 9.00. The molecule has 0 saturated heterocycles. The molecule has 0 bridgehead atoms. The van der Waals surface area contributed by atoms with Gasteiger partial charge in [0.05, 0.1) is 5.69 Å². The molecule has 0 unspecified atom stereocenters. The van der Waals surface area contributed by atoms with Crippen molar-refractivity contribution in [1.82, 2.24) is 21.0 Å². The van der Waals surface area contributed by atoms with Crippen LogP contribution in [0.5, 0.6) is 0 Å². The van der Waals surface area contributed by atoms with Gasteiger partial charge >= 0.3 is 0 Å². The van der Waals surface area contributed by atoms with Crippen molar-refractivity contribution in [2.75, 3.05) is 20.1 Å². The molecule has 148 valence electrons. The van der Waals surface area contributed by atoms with Gasteiger partial charge < -0.3 is 26.9 Å². The topological polar surface area (TPSA) is 131 Å². The molecule has 1 aromatic heterocycles. The minimum Gasteiger partial charge on any atom is -0.384 e. The van der Waals surface area contributed by atoms with Gasteiger partial charge in [-0.05, 0) is 31.9 Å². The fourth-order valence-corrected chi connectivity index (χ4v) is 2.19. The van der Waals surface area contributed by atoms with Crippen LogP contribution in [0.4, 0.5) is 0 Å². The van der Waals surface area contributed by atoms with Gasteiger partial charge in [-0.15, -0.1) is 0 Å². The van der Waals surface area contributed by atoms with E-state index in [2.05, 4.69) is 46.1 Å². The van der Waals surface area contributed by atoms with E-state index in [4.69, 9.17) is 5.73 Å². The largest absolute Gasteiger partial charge is 0.384 e. The van der Waals surface area contributed by atoms with Gasteiger partial charge in [0.25, 0.3) is 0 Å². The molecule has 0 aliphatic rings. The smallest absolute Gasteiger partial charge is 0.164 e. The van der Waals surface area contributed by atoms with E-state index in [1.54, 1.807) is 27.0 Å². The lowest BCUT2D eigenvalue weighted by molar-refractivity contribution is 0.0736. The maximum absolute atomic E-state index is 10.1. The molecule has 0 aliphatic heterocycles. The van der Waals surface area contributed by atoms with Crippen LogP contribution in [0.15, 0.2) is 34.7 Å². The Labute approximate surface area is 161 Å². The molecule has 0 aromatic carbocycles. The maximum atomic E-state index is 10.1. The third kappa shape index (κ3) is 7.54. The van der Waals surface area contributed by atoms with E-state index in [-0.39, 0.29) is 11.4 Å². The zero-order chi connectivity index (χ0) is 20.4. The molecule has 0 amide bonds. The average Bonchev–Trinajstić information content (AvgIpc) is 2.60. The SMILES string of the molecule is CNC(NCCc1cccc(C(C)(C)O)n1)=C(C#N)C(N)=NNCC(C)C. The fourth-order valence-electron chi connectivity index (χ4n) is 2.19. The van der Waals surface area contributed by atoms with E-state index in [9.17, 15) is 10.4 Å². The molecule has 0 aliphatic carbocycles. The summed E-state index contributed by atoms with van der Waals surface area (Å²) < 4.78 is 0.